The molecular weight excluding hydrogens is 342 g/mol. The van der Waals surface area contributed by atoms with Crippen LogP contribution in [-0.2, 0) is 13.0 Å². The molecule has 0 saturated carbocycles. The number of allylic oxidation sites excluding steroid dienone is 2. The average Bonchev–Trinajstić information content (AvgIpc) is 2.70. The van der Waals surface area contributed by atoms with Crippen LogP contribution in [0.1, 0.15) is 28.8 Å². The van der Waals surface area contributed by atoms with Gasteiger partial charge in [0.05, 0.1) is 5.69 Å². The van der Waals surface area contributed by atoms with Gasteiger partial charge in [0.25, 0.3) is 0 Å². The van der Waals surface area contributed by atoms with Crippen molar-refractivity contribution < 1.29 is 0 Å². The van der Waals surface area contributed by atoms with Gasteiger partial charge in [0, 0.05) is 42.3 Å². The Morgan fingerprint density at radius 3 is 2.57 bits per heavy atom. The minimum Gasteiger partial charge on any atom is -0.384 e. The molecule has 2 aromatic heterocycles. The molecular formula is C25H27N3. The Kier molecular flexibility index (Phi) is 6.74. The zero-order valence-corrected chi connectivity index (χ0v) is 16.7. The van der Waals surface area contributed by atoms with Gasteiger partial charge in [0.2, 0.25) is 0 Å². The van der Waals surface area contributed by atoms with Gasteiger partial charge in [-0.25, -0.2) is 0 Å². The van der Waals surface area contributed by atoms with Crippen molar-refractivity contribution in [3.05, 3.63) is 108 Å². The van der Waals surface area contributed by atoms with Crippen molar-refractivity contribution in [1.82, 2.24) is 15.3 Å². The van der Waals surface area contributed by atoms with Gasteiger partial charge in [-0.2, -0.15) is 0 Å². The molecule has 0 spiro atoms. The third-order valence-corrected chi connectivity index (χ3v) is 4.57. The monoisotopic (exact) mass is 369 g/mol. The lowest BCUT2D eigenvalue weighted by Gasteiger charge is -2.11. The van der Waals surface area contributed by atoms with Crippen LogP contribution in [0.4, 0.5) is 0 Å². The van der Waals surface area contributed by atoms with Crippen LogP contribution in [0.25, 0.3) is 11.3 Å². The Labute approximate surface area is 167 Å². The van der Waals surface area contributed by atoms with Crippen LogP contribution in [0.15, 0.2) is 85.4 Å². The smallest absolute Gasteiger partial charge is 0.0732 e. The maximum atomic E-state index is 4.67. The van der Waals surface area contributed by atoms with Crippen LogP contribution in [0, 0.1) is 13.8 Å². The lowest BCUT2D eigenvalue weighted by molar-refractivity contribution is 0.788. The number of pyridine rings is 2. The predicted octanol–water partition coefficient (Wildman–Crippen LogP) is 5.55. The molecule has 0 amide bonds. The summed E-state index contributed by atoms with van der Waals surface area (Å²) < 4.78 is 0. The van der Waals surface area contributed by atoms with Crippen LogP contribution in [-0.4, -0.2) is 9.97 Å². The van der Waals surface area contributed by atoms with Crippen LogP contribution in [0.2, 0.25) is 0 Å². The molecule has 0 bridgehead atoms. The predicted molar refractivity (Wildman–Crippen MR) is 117 cm³/mol. The molecule has 142 valence electrons. The van der Waals surface area contributed by atoms with Gasteiger partial charge >= 0.3 is 0 Å². The normalized spacial score (nSPS) is 10.9. The largest absolute Gasteiger partial charge is 0.384 e. The summed E-state index contributed by atoms with van der Waals surface area (Å²) in [5, 5.41) is 3.40. The van der Waals surface area contributed by atoms with Gasteiger partial charge in [0.15, 0.2) is 0 Å². The van der Waals surface area contributed by atoms with Gasteiger partial charge in [-0.1, -0.05) is 55.1 Å². The van der Waals surface area contributed by atoms with Gasteiger partial charge in [-0.3, -0.25) is 9.97 Å². The molecule has 0 aliphatic heterocycles. The third kappa shape index (κ3) is 5.65. The number of nitrogens with one attached hydrogen (secondary N) is 1. The number of benzene rings is 1. The van der Waals surface area contributed by atoms with Crippen molar-refractivity contribution >= 4 is 0 Å². The highest BCUT2D eigenvalue weighted by Crippen LogP contribution is 2.21. The van der Waals surface area contributed by atoms with Gasteiger partial charge in [-0.15, -0.1) is 0 Å². The van der Waals surface area contributed by atoms with E-state index < -0.39 is 0 Å². The van der Waals surface area contributed by atoms with Crippen LogP contribution in [0.5, 0.6) is 0 Å². The van der Waals surface area contributed by atoms with E-state index in [1.54, 1.807) is 0 Å². The maximum absolute atomic E-state index is 4.67. The number of aromatic nitrogens is 2. The minimum atomic E-state index is 0.731. The highest BCUT2D eigenvalue weighted by Gasteiger charge is 2.05. The van der Waals surface area contributed by atoms with Gasteiger partial charge in [0.1, 0.15) is 0 Å². The lowest BCUT2D eigenvalue weighted by atomic mass is 10.1. The molecule has 1 aromatic carbocycles. The summed E-state index contributed by atoms with van der Waals surface area (Å²) in [6, 6.07) is 16.7. The molecule has 3 aromatic rings. The van der Waals surface area contributed by atoms with Crippen molar-refractivity contribution in [2.75, 3.05) is 0 Å². The fraction of sp³-hybridized carbons (Fsp3) is 0.200. The Balaban J connectivity index is 1.50. The summed E-state index contributed by atoms with van der Waals surface area (Å²) in [6.45, 7) is 8.95. The Hall–Kier alpha value is -3.20. The minimum absolute atomic E-state index is 0.731. The van der Waals surface area contributed by atoms with Crippen LogP contribution in [0.3, 0.4) is 0 Å². The summed E-state index contributed by atoms with van der Waals surface area (Å²) in [6.07, 6.45) is 9.90. The van der Waals surface area contributed by atoms with Crippen LogP contribution >= 0.6 is 0 Å². The second-order valence-electron chi connectivity index (χ2n) is 7.02. The first-order valence-corrected chi connectivity index (χ1v) is 9.61. The molecule has 0 radical (unpaired) electrons. The van der Waals surface area contributed by atoms with Gasteiger partial charge in [-0.05, 0) is 49.1 Å². The SMILES string of the molecule is C=C(C/C=C\Cc1ccccc1)NCc1cnc(-c2ccnc(C)c2)c(C)c1. The van der Waals surface area contributed by atoms with E-state index in [-0.39, 0.29) is 0 Å². The van der Waals surface area contributed by atoms with Crippen molar-refractivity contribution in [2.24, 2.45) is 0 Å². The van der Waals surface area contributed by atoms with Crippen molar-refractivity contribution in [2.45, 2.75) is 33.2 Å². The van der Waals surface area contributed by atoms with Gasteiger partial charge < -0.3 is 5.32 Å². The molecule has 3 rings (SSSR count). The number of hydrogen-bond acceptors (Lipinski definition) is 3. The Morgan fingerprint density at radius 1 is 1.00 bits per heavy atom. The summed E-state index contributed by atoms with van der Waals surface area (Å²) >= 11 is 0. The van der Waals surface area contributed by atoms with E-state index >= 15 is 0 Å². The Morgan fingerprint density at radius 2 is 1.82 bits per heavy atom. The highest BCUT2D eigenvalue weighted by molar-refractivity contribution is 5.63. The van der Waals surface area contributed by atoms with E-state index in [1.165, 1.54) is 11.1 Å². The fourth-order valence-electron chi connectivity index (χ4n) is 3.08. The van der Waals surface area contributed by atoms with Crippen molar-refractivity contribution in [3.63, 3.8) is 0 Å². The summed E-state index contributed by atoms with van der Waals surface area (Å²) in [4.78, 5) is 8.92. The van der Waals surface area contributed by atoms with Crippen LogP contribution < -0.4 is 5.32 Å². The molecule has 0 aliphatic carbocycles. The number of aryl methyl sites for hydroxylation is 2. The molecule has 0 fully saturated rings. The zero-order valence-electron chi connectivity index (χ0n) is 16.7. The first-order chi connectivity index (χ1) is 13.6. The zero-order chi connectivity index (χ0) is 19.8. The number of nitrogens with zero attached hydrogens (tertiary/aromatic N) is 2. The average molecular weight is 370 g/mol. The molecule has 0 aliphatic rings. The molecule has 2 heterocycles. The van der Waals surface area contributed by atoms with E-state index in [2.05, 4.69) is 77.3 Å². The molecule has 0 atom stereocenters. The fourth-order valence-corrected chi connectivity index (χ4v) is 3.08. The van der Waals surface area contributed by atoms with E-state index in [4.69, 9.17) is 0 Å². The van der Waals surface area contributed by atoms with Crippen molar-refractivity contribution in [1.29, 1.82) is 0 Å². The first kappa shape index (κ1) is 19.6. The van der Waals surface area contributed by atoms with E-state index in [0.717, 1.165) is 47.6 Å². The molecule has 0 saturated heterocycles. The summed E-state index contributed by atoms with van der Waals surface area (Å²) in [5.74, 6) is 0. The first-order valence-electron chi connectivity index (χ1n) is 9.61. The van der Waals surface area contributed by atoms with E-state index in [1.807, 2.05) is 31.5 Å². The molecule has 3 heteroatoms. The number of rotatable bonds is 8. The second kappa shape index (κ2) is 9.65. The maximum Gasteiger partial charge on any atom is 0.0732 e. The molecule has 3 nitrogen and oxygen atoms in total. The molecule has 28 heavy (non-hydrogen) atoms. The van der Waals surface area contributed by atoms with E-state index in [0.29, 0.717) is 0 Å². The van der Waals surface area contributed by atoms with Crippen molar-refractivity contribution in [3.8, 4) is 11.3 Å². The molecule has 0 unspecified atom stereocenters. The summed E-state index contributed by atoms with van der Waals surface area (Å²) in [5.41, 5.74) is 7.77. The topological polar surface area (TPSA) is 37.8 Å². The lowest BCUT2D eigenvalue weighted by Crippen LogP contribution is -2.12. The van der Waals surface area contributed by atoms with E-state index in [9.17, 15) is 0 Å². The number of hydrogen-bond donors (Lipinski definition) is 1. The summed E-state index contributed by atoms with van der Waals surface area (Å²) in [7, 11) is 0. The highest BCUT2D eigenvalue weighted by atomic mass is 14.9. The quantitative estimate of drug-likeness (QED) is 0.529. The Bertz CT molecular complexity index is 959. The standard InChI is InChI=1S/C25H27N3/c1-19-15-23(18-28-25(19)24-13-14-26-21(3)16-24)17-27-20(2)9-7-8-12-22-10-5-4-6-11-22/h4-8,10-11,13-16,18,27H,2,9,12,17H2,1,3H3/b8-7-. The third-order valence-electron chi connectivity index (χ3n) is 4.57. The second-order valence-corrected chi connectivity index (χ2v) is 7.02. The molecule has 1 N–H and O–H groups in total.